The molecule has 0 aromatic heterocycles. The highest BCUT2D eigenvalue weighted by Crippen LogP contribution is 2.34. The zero-order valence-electron chi connectivity index (χ0n) is 3.94. The summed E-state index contributed by atoms with van der Waals surface area (Å²) in [7, 11) is 1.05. The van der Waals surface area contributed by atoms with Crippen molar-refractivity contribution in [2.75, 3.05) is 0 Å². The Balaban J connectivity index is 2.79. The first-order valence-electron chi connectivity index (χ1n) is 1.52. The lowest BCUT2D eigenvalue weighted by atomic mass is 11.6. The topological polar surface area (TPSA) is 66.0 Å². The van der Waals surface area contributed by atoms with Crippen LogP contribution in [0.5, 0.6) is 0 Å². The monoisotopic (exact) mass is 180 g/mol. The first kappa shape index (κ1) is 8.63. The Bertz CT molecular complexity index is 122. The zero-order chi connectivity index (χ0) is 6.95. The smallest absolute Gasteiger partial charge is 0.300 e. The van der Waals surface area contributed by atoms with E-state index in [0.717, 1.165) is 32.0 Å². The van der Waals surface area contributed by atoms with E-state index in [1.807, 2.05) is 0 Å². The summed E-state index contributed by atoms with van der Waals surface area (Å²) in [5, 5.41) is 15.6. The second kappa shape index (κ2) is 7.63. The standard InChI is InChI=1S/C2N2O2S3/c3-1-5-7-9-8-6-2-4. The van der Waals surface area contributed by atoms with Gasteiger partial charge in [0.05, 0.1) is 9.83 Å². The average molecular weight is 180 g/mol. The fraction of sp³-hybridized carbons (Fsp3) is 0. The molecular weight excluding hydrogens is 180 g/mol. The van der Waals surface area contributed by atoms with E-state index in [9.17, 15) is 0 Å². The van der Waals surface area contributed by atoms with Gasteiger partial charge in [-0.2, -0.15) is 0 Å². The molecule has 9 heavy (non-hydrogen) atoms. The number of nitrogens with zero attached hydrogens (tertiary/aromatic N) is 2. The van der Waals surface area contributed by atoms with E-state index in [1.165, 1.54) is 12.5 Å². The Hall–Kier alpha value is -0.370. The lowest BCUT2D eigenvalue weighted by molar-refractivity contribution is 0.602. The molecule has 48 valence electrons. The van der Waals surface area contributed by atoms with Gasteiger partial charge in [0.2, 0.25) is 0 Å². The summed E-state index contributed by atoms with van der Waals surface area (Å²) in [6, 6.07) is 0. The van der Waals surface area contributed by atoms with Crippen molar-refractivity contribution in [1.82, 2.24) is 0 Å². The van der Waals surface area contributed by atoms with Crippen molar-refractivity contribution in [2.45, 2.75) is 0 Å². The first-order valence-corrected chi connectivity index (χ1v) is 4.86. The largest absolute Gasteiger partial charge is 0.340 e. The van der Waals surface area contributed by atoms with Crippen LogP contribution in [0, 0.1) is 23.0 Å². The average Bonchev–Trinajstić information content (AvgIpc) is 1.89. The van der Waals surface area contributed by atoms with Crippen LogP contribution in [0.25, 0.3) is 0 Å². The van der Waals surface area contributed by atoms with Crippen molar-refractivity contribution in [3.05, 3.63) is 0 Å². The van der Waals surface area contributed by atoms with Gasteiger partial charge in [-0.1, -0.05) is 0 Å². The normalized spacial score (nSPS) is 6.89. The molecule has 0 unspecified atom stereocenters. The van der Waals surface area contributed by atoms with E-state index in [0.29, 0.717) is 0 Å². The maximum atomic E-state index is 7.80. The molecule has 0 aromatic rings. The highest BCUT2D eigenvalue weighted by molar-refractivity contribution is 9.07. The minimum atomic E-state index is 0.836. The molecule has 0 aliphatic carbocycles. The van der Waals surface area contributed by atoms with Gasteiger partial charge in [0, 0.05) is 0 Å². The van der Waals surface area contributed by atoms with E-state index in [4.69, 9.17) is 10.5 Å². The summed E-state index contributed by atoms with van der Waals surface area (Å²) in [5.74, 6) is 0. The molecule has 0 saturated heterocycles. The van der Waals surface area contributed by atoms with Crippen molar-refractivity contribution in [2.24, 2.45) is 0 Å². The van der Waals surface area contributed by atoms with E-state index < -0.39 is 0 Å². The number of hydrogen-bond acceptors (Lipinski definition) is 7. The van der Waals surface area contributed by atoms with Gasteiger partial charge < -0.3 is 8.37 Å². The van der Waals surface area contributed by atoms with Gasteiger partial charge in [-0.3, -0.25) is 0 Å². The third-order valence-corrected chi connectivity index (χ3v) is 2.34. The van der Waals surface area contributed by atoms with Gasteiger partial charge in [0.15, 0.2) is 22.1 Å². The van der Waals surface area contributed by atoms with Gasteiger partial charge >= 0.3 is 12.5 Å². The minimum absolute atomic E-state index is 0.836. The molecular formula is C2N2O2S3. The molecule has 0 N–H and O–H groups in total. The Labute approximate surface area is 63.7 Å². The molecule has 0 saturated carbocycles. The molecule has 0 bridgehead atoms. The van der Waals surface area contributed by atoms with Gasteiger partial charge in [0.1, 0.15) is 0 Å². The molecule has 0 rings (SSSR count). The predicted octanol–water partition coefficient (Wildman–Crippen LogP) is 1.84. The summed E-state index contributed by atoms with van der Waals surface area (Å²) < 4.78 is 8.31. The maximum Gasteiger partial charge on any atom is 0.300 e. The summed E-state index contributed by atoms with van der Waals surface area (Å²) in [4.78, 5) is 0. The van der Waals surface area contributed by atoms with Crippen molar-refractivity contribution >= 4 is 32.0 Å². The Morgan fingerprint density at radius 2 is 1.44 bits per heavy atom. The molecule has 0 fully saturated rings. The van der Waals surface area contributed by atoms with Crippen molar-refractivity contribution in [1.29, 1.82) is 10.5 Å². The molecule has 0 aromatic carbocycles. The highest BCUT2D eigenvalue weighted by Gasteiger charge is 1.90. The second-order valence-electron chi connectivity index (χ2n) is 0.553. The van der Waals surface area contributed by atoms with Crippen LogP contribution in [0.15, 0.2) is 0 Å². The summed E-state index contributed by atoms with van der Waals surface area (Å²) in [6.45, 7) is 0. The number of rotatable bonds is 4. The van der Waals surface area contributed by atoms with Gasteiger partial charge in [-0.15, -0.1) is 10.5 Å². The fourth-order valence-corrected chi connectivity index (χ4v) is 1.33. The number of nitriles is 2. The van der Waals surface area contributed by atoms with Gasteiger partial charge in [-0.05, 0) is 0 Å². The van der Waals surface area contributed by atoms with Crippen LogP contribution in [0.1, 0.15) is 0 Å². The summed E-state index contributed by atoms with van der Waals surface area (Å²) in [5.41, 5.74) is 0. The molecule has 0 amide bonds. The van der Waals surface area contributed by atoms with Crippen molar-refractivity contribution < 1.29 is 8.37 Å². The molecule has 7 heteroatoms. The number of hydrogen-bond donors (Lipinski definition) is 0. The maximum absolute atomic E-state index is 7.80. The highest BCUT2D eigenvalue weighted by atomic mass is 33.5. The first-order chi connectivity index (χ1) is 4.41. The van der Waals surface area contributed by atoms with Crippen LogP contribution < -0.4 is 0 Å². The minimum Gasteiger partial charge on any atom is -0.340 e. The lowest BCUT2D eigenvalue weighted by Gasteiger charge is -1.86. The van der Waals surface area contributed by atoms with Gasteiger partial charge in [-0.25, -0.2) is 0 Å². The Morgan fingerprint density at radius 3 is 1.78 bits per heavy atom. The molecule has 0 aliphatic heterocycles. The third kappa shape index (κ3) is 7.63. The van der Waals surface area contributed by atoms with Crippen LogP contribution in [0.3, 0.4) is 0 Å². The van der Waals surface area contributed by atoms with E-state index in [2.05, 4.69) is 8.37 Å². The molecule has 4 nitrogen and oxygen atoms in total. The molecule has 0 heterocycles. The van der Waals surface area contributed by atoms with Crippen LogP contribution in [-0.2, 0) is 8.37 Å². The van der Waals surface area contributed by atoms with Crippen molar-refractivity contribution in [3.8, 4) is 12.5 Å². The van der Waals surface area contributed by atoms with E-state index in [-0.39, 0.29) is 0 Å². The van der Waals surface area contributed by atoms with Crippen LogP contribution >= 0.6 is 32.0 Å². The van der Waals surface area contributed by atoms with E-state index in [1.54, 1.807) is 0 Å². The lowest BCUT2D eigenvalue weighted by Crippen LogP contribution is -1.57. The SMILES string of the molecule is N#COSSSOC#N. The van der Waals surface area contributed by atoms with Gasteiger partial charge in [0.25, 0.3) is 0 Å². The molecule has 0 atom stereocenters. The third-order valence-electron chi connectivity index (χ3n) is 0.198. The fourth-order valence-electron chi connectivity index (χ4n) is 0.0695. The Kier molecular flexibility index (Phi) is 7.32. The van der Waals surface area contributed by atoms with Crippen LogP contribution in [-0.4, -0.2) is 0 Å². The summed E-state index contributed by atoms with van der Waals surface area (Å²) >= 11 is 1.67. The molecule has 0 radical (unpaired) electrons. The van der Waals surface area contributed by atoms with Crippen LogP contribution in [0.2, 0.25) is 0 Å². The van der Waals surface area contributed by atoms with Crippen molar-refractivity contribution in [3.63, 3.8) is 0 Å². The Morgan fingerprint density at radius 1 is 1.00 bits per heavy atom. The quantitative estimate of drug-likeness (QED) is 0.283. The predicted molar refractivity (Wildman–Crippen MR) is 36.2 cm³/mol. The van der Waals surface area contributed by atoms with Crippen LogP contribution in [0.4, 0.5) is 0 Å². The molecule has 0 spiro atoms. The molecule has 0 aliphatic rings. The second-order valence-corrected chi connectivity index (χ2v) is 3.74. The van der Waals surface area contributed by atoms with E-state index >= 15 is 0 Å². The summed E-state index contributed by atoms with van der Waals surface area (Å²) in [6.07, 6.45) is 2.87. The zero-order valence-corrected chi connectivity index (χ0v) is 6.39.